The van der Waals surface area contributed by atoms with Crippen LogP contribution in [0.1, 0.15) is 6.92 Å². The number of aliphatic hydroxyl groups is 1. The molecule has 5 nitrogen and oxygen atoms in total. The Morgan fingerprint density at radius 2 is 2.17 bits per heavy atom. The van der Waals surface area contributed by atoms with Crippen molar-refractivity contribution >= 4 is 11.9 Å². The maximum atomic E-state index is 11.0. The molecule has 1 rings (SSSR count). The SMILES string of the molecule is CCOC(=O)C(=O)N1CC(O)C1. The van der Waals surface area contributed by atoms with Gasteiger partial charge in [0.25, 0.3) is 0 Å². The van der Waals surface area contributed by atoms with Crippen LogP contribution in [0.2, 0.25) is 0 Å². The van der Waals surface area contributed by atoms with Crippen LogP contribution in [0, 0.1) is 0 Å². The number of esters is 1. The molecule has 0 aromatic heterocycles. The molecule has 1 aliphatic heterocycles. The Balaban J connectivity index is 2.33. The number of likely N-dealkylation sites (tertiary alicyclic amines) is 1. The number of ether oxygens (including phenoxy) is 1. The number of amides is 1. The molecule has 0 spiro atoms. The van der Waals surface area contributed by atoms with Gasteiger partial charge in [-0.3, -0.25) is 4.79 Å². The van der Waals surface area contributed by atoms with E-state index in [1.54, 1.807) is 6.92 Å². The average molecular weight is 173 g/mol. The van der Waals surface area contributed by atoms with E-state index in [2.05, 4.69) is 4.74 Å². The van der Waals surface area contributed by atoms with Crippen molar-refractivity contribution in [3.8, 4) is 0 Å². The van der Waals surface area contributed by atoms with Gasteiger partial charge >= 0.3 is 11.9 Å². The molecular weight excluding hydrogens is 162 g/mol. The van der Waals surface area contributed by atoms with Gasteiger partial charge in [-0.2, -0.15) is 0 Å². The molecule has 0 radical (unpaired) electrons. The van der Waals surface area contributed by atoms with Crippen molar-refractivity contribution in [3.05, 3.63) is 0 Å². The summed E-state index contributed by atoms with van der Waals surface area (Å²) in [6, 6.07) is 0. The number of carbonyl (C=O) groups excluding carboxylic acids is 2. The summed E-state index contributed by atoms with van der Waals surface area (Å²) in [5, 5.41) is 8.83. The summed E-state index contributed by atoms with van der Waals surface area (Å²) < 4.78 is 4.48. The molecule has 0 aromatic carbocycles. The first-order valence-electron chi connectivity index (χ1n) is 3.79. The van der Waals surface area contributed by atoms with Gasteiger partial charge in [0.15, 0.2) is 0 Å². The molecule has 1 amide bonds. The van der Waals surface area contributed by atoms with E-state index >= 15 is 0 Å². The van der Waals surface area contributed by atoms with Crippen molar-refractivity contribution < 1.29 is 19.4 Å². The van der Waals surface area contributed by atoms with Gasteiger partial charge < -0.3 is 14.7 Å². The van der Waals surface area contributed by atoms with E-state index in [1.807, 2.05) is 0 Å². The van der Waals surface area contributed by atoms with Crippen molar-refractivity contribution in [2.45, 2.75) is 13.0 Å². The molecule has 1 fully saturated rings. The second kappa shape index (κ2) is 3.53. The summed E-state index contributed by atoms with van der Waals surface area (Å²) in [4.78, 5) is 23.0. The van der Waals surface area contributed by atoms with Gasteiger partial charge in [-0.25, -0.2) is 4.79 Å². The minimum atomic E-state index is -0.843. The molecule has 1 aliphatic rings. The standard InChI is InChI=1S/C7H11NO4/c1-2-12-7(11)6(10)8-3-5(9)4-8/h5,9H,2-4H2,1H3. The number of hydrogen-bond acceptors (Lipinski definition) is 4. The van der Waals surface area contributed by atoms with E-state index in [1.165, 1.54) is 4.90 Å². The molecule has 5 heteroatoms. The first-order valence-corrected chi connectivity index (χ1v) is 3.79. The zero-order valence-corrected chi connectivity index (χ0v) is 6.82. The van der Waals surface area contributed by atoms with Gasteiger partial charge in [0.05, 0.1) is 12.7 Å². The lowest BCUT2D eigenvalue weighted by atomic mass is 10.2. The smallest absolute Gasteiger partial charge is 0.397 e. The van der Waals surface area contributed by atoms with Crippen LogP contribution in [-0.4, -0.2) is 47.7 Å². The third-order valence-corrected chi connectivity index (χ3v) is 1.60. The van der Waals surface area contributed by atoms with Crippen molar-refractivity contribution in [2.24, 2.45) is 0 Å². The summed E-state index contributed by atoms with van der Waals surface area (Å²) in [5.41, 5.74) is 0. The molecule has 68 valence electrons. The van der Waals surface area contributed by atoms with Gasteiger partial charge in [-0.05, 0) is 6.92 Å². The second-order valence-electron chi connectivity index (χ2n) is 2.58. The molecule has 0 atom stereocenters. The van der Waals surface area contributed by atoms with E-state index in [4.69, 9.17) is 5.11 Å². The zero-order chi connectivity index (χ0) is 9.14. The summed E-state index contributed by atoms with van der Waals surface area (Å²) in [6.45, 7) is 2.30. The molecule has 1 saturated heterocycles. The highest BCUT2D eigenvalue weighted by Crippen LogP contribution is 2.07. The molecular formula is C7H11NO4. The molecule has 1 heterocycles. The van der Waals surface area contributed by atoms with Crippen LogP contribution in [0.3, 0.4) is 0 Å². The fourth-order valence-electron chi connectivity index (χ4n) is 0.943. The predicted molar refractivity (Wildman–Crippen MR) is 39.2 cm³/mol. The van der Waals surface area contributed by atoms with Crippen LogP contribution < -0.4 is 0 Å². The summed E-state index contributed by atoms with van der Waals surface area (Å²) in [6.07, 6.45) is -0.483. The maximum Gasteiger partial charge on any atom is 0.397 e. The summed E-state index contributed by atoms with van der Waals surface area (Å²) in [5.74, 6) is -1.51. The van der Waals surface area contributed by atoms with Gasteiger partial charge in [0, 0.05) is 13.1 Å². The van der Waals surface area contributed by atoms with Crippen LogP contribution in [0.25, 0.3) is 0 Å². The minimum Gasteiger partial charge on any atom is -0.459 e. The lowest BCUT2D eigenvalue weighted by Crippen LogP contribution is -2.55. The lowest BCUT2D eigenvalue weighted by Gasteiger charge is -2.34. The molecule has 0 bridgehead atoms. The average Bonchev–Trinajstić information content (AvgIpc) is 1.98. The van der Waals surface area contributed by atoms with E-state index in [0.29, 0.717) is 0 Å². The molecule has 0 aliphatic carbocycles. The maximum absolute atomic E-state index is 11.0. The van der Waals surface area contributed by atoms with E-state index in [-0.39, 0.29) is 19.7 Å². The van der Waals surface area contributed by atoms with Crippen molar-refractivity contribution in [1.29, 1.82) is 0 Å². The molecule has 1 N–H and O–H groups in total. The number of nitrogens with zero attached hydrogens (tertiary/aromatic N) is 1. The van der Waals surface area contributed by atoms with E-state index in [0.717, 1.165) is 0 Å². The molecule has 0 saturated carbocycles. The highest BCUT2D eigenvalue weighted by molar-refractivity contribution is 6.32. The third-order valence-electron chi connectivity index (χ3n) is 1.60. The Bertz CT molecular complexity index is 198. The van der Waals surface area contributed by atoms with Gasteiger partial charge in [0.2, 0.25) is 0 Å². The second-order valence-corrected chi connectivity index (χ2v) is 2.58. The number of β-amino-alcohol motifs (C(OH)–C–C–N with tert-alkyl or cyclic N) is 1. The van der Waals surface area contributed by atoms with Gasteiger partial charge in [-0.15, -0.1) is 0 Å². The Hall–Kier alpha value is -1.10. The third kappa shape index (κ3) is 1.73. The number of aliphatic hydroxyl groups excluding tert-OH is 1. The normalized spacial score (nSPS) is 17.0. The van der Waals surface area contributed by atoms with Crippen molar-refractivity contribution in [2.75, 3.05) is 19.7 Å². The van der Waals surface area contributed by atoms with Gasteiger partial charge in [-0.1, -0.05) is 0 Å². The highest BCUT2D eigenvalue weighted by atomic mass is 16.5. The van der Waals surface area contributed by atoms with E-state index < -0.39 is 18.0 Å². The predicted octanol–water partition coefficient (Wildman–Crippen LogP) is -1.25. The number of hydrogen-bond donors (Lipinski definition) is 1. The minimum absolute atomic E-state index is 0.195. The first kappa shape index (κ1) is 8.99. The van der Waals surface area contributed by atoms with Crippen LogP contribution in [0.5, 0.6) is 0 Å². The lowest BCUT2D eigenvalue weighted by molar-refractivity contribution is -0.164. The zero-order valence-electron chi connectivity index (χ0n) is 6.82. The quantitative estimate of drug-likeness (QED) is 0.397. The highest BCUT2D eigenvalue weighted by Gasteiger charge is 2.33. The molecule has 0 unspecified atom stereocenters. The van der Waals surface area contributed by atoms with Crippen LogP contribution in [0.4, 0.5) is 0 Å². The Labute approximate surface area is 69.9 Å². The van der Waals surface area contributed by atoms with Crippen LogP contribution >= 0.6 is 0 Å². The Kier molecular flexibility index (Phi) is 2.65. The fourth-order valence-corrected chi connectivity index (χ4v) is 0.943. The molecule has 12 heavy (non-hydrogen) atoms. The first-order chi connectivity index (χ1) is 5.65. The number of carbonyl (C=O) groups is 2. The topological polar surface area (TPSA) is 66.8 Å². The largest absolute Gasteiger partial charge is 0.459 e. The van der Waals surface area contributed by atoms with Crippen molar-refractivity contribution in [3.63, 3.8) is 0 Å². The fraction of sp³-hybridized carbons (Fsp3) is 0.714. The molecule has 0 aromatic rings. The van der Waals surface area contributed by atoms with Crippen molar-refractivity contribution in [1.82, 2.24) is 4.90 Å². The number of rotatable bonds is 1. The monoisotopic (exact) mass is 173 g/mol. The Morgan fingerprint density at radius 1 is 1.58 bits per heavy atom. The van der Waals surface area contributed by atoms with Crippen LogP contribution in [0.15, 0.2) is 0 Å². The van der Waals surface area contributed by atoms with Gasteiger partial charge in [0.1, 0.15) is 0 Å². The Morgan fingerprint density at radius 3 is 2.58 bits per heavy atom. The van der Waals surface area contributed by atoms with E-state index in [9.17, 15) is 9.59 Å². The summed E-state index contributed by atoms with van der Waals surface area (Å²) >= 11 is 0. The summed E-state index contributed by atoms with van der Waals surface area (Å²) in [7, 11) is 0. The van der Waals surface area contributed by atoms with Crippen LogP contribution in [-0.2, 0) is 14.3 Å².